The maximum atomic E-state index is 13.0. The number of pyridine rings is 1. The van der Waals surface area contributed by atoms with Gasteiger partial charge < -0.3 is 14.2 Å². The average Bonchev–Trinajstić information content (AvgIpc) is 3.19. The smallest absolute Gasteiger partial charge is 0.256 e. The molecule has 162 valence electrons. The first-order valence-corrected chi connectivity index (χ1v) is 11.5. The third-order valence-corrected chi connectivity index (χ3v) is 6.75. The Morgan fingerprint density at radius 3 is 2.77 bits per heavy atom. The van der Waals surface area contributed by atoms with Crippen LogP contribution in [-0.4, -0.2) is 44.6 Å². The summed E-state index contributed by atoms with van der Waals surface area (Å²) in [6.45, 7) is 4.18. The van der Waals surface area contributed by atoms with Crippen LogP contribution in [0.2, 0.25) is 0 Å². The number of likely N-dealkylation sites (N-methyl/N-ethyl adjacent to an activating group) is 1. The van der Waals surface area contributed by atoms with Gasteiger partial charge in [0, 0.05) is 41.3 Å². The molecule has 31 heavy (non-hydrogen) atoms. The van der Waals surface area contributed by atoms with Gasteiger partial charge in [0.05, 0.1) is 26.0 Å². The molecule has 4 heterocycles. The molecular weight excluding hydrogens is 458 g/mol. The van der Waals surface area contributed by atoms with E-state index in [1.807, 2.05) is 29.0 Å². The van der Waals surface area contributed by atoms with E-state index in [2.05, 4.69) is 56.4 Å². The van der Waals surface area contributed by atoms with Gasteiger partial charge in [-0.25, -0.2) is 4.68 Å². The third kappa shape index (κ3) is 4.51. The molecule has 0 aliphatic carbocycles. The first-order valence-electron chi connectivity index (χ1n) is 10.7. The van der Waals surface area contributed by atoms with Gasteiger partial charge in [-0.3, -0.25) is 4.79 Å². The van der Waals surface area contributed by atoms with Crippen molar-refractivity contribution in [3.63, 3.8) is 0 Å². The van der Waals surface area contributed by atoms with Crippen molar-refractivity contribution in [2.75, 3.05) is 20.1 Å². The van der Waals surface area contributed by atoms with Crippen molar-refractivity contribution in [3.8, 4) is 0 Å². The summed E-state index contributed by atoms with van der Waals surface area (Å²) in [7, 11) is 2.17. The monoisotopic (exact) mass is 483 g/mol. The second-order valence-corrected chi connectivity index (χ2v) is 9.66. The van der Waals surface area contributed by atoms with Crippen LogP contribution in [0.15, 0.2) is 51.9 Å². The molecule has 0 amide bonds. The molecule has 1 saturated heterocycles. The summed E-state index contributed by atoms with van der Waals surface area (Å²) in [6.07, 6.45) is 3.08. The Morgan fingerprint density at radius 1 is 1.10 bits per heavy atom. The fourth-order valence-electron chi connectivity index (χ4n) is 4.86. The van der Waals surface area contributed by atoms with Crippen molar-refractivity contribution in [3.05, 3.63) is 79.9 Å². The number of benzene rings is 1. The number of aromatic nitrogens is 4. The van der Waals surface area contributed by atoms with Crippen LogP contribution in [-0.2, 0) is 31.0 Å². The van der Waals surface area contributed by atoms with Gasteiger partial charge in [-0.15, -0.1) is 5.10 Å². The summed E-state index contributed by atoms with van der Waals surface area (Å²) in [5, 5.41) is 8.37. The lowest BCUT2D eigenvalue weighted by atomic mass is 9.83. The summed E-state index contributed by atoms with van der Waals surface area (Å²) in [5.41, 5.74) is 3.88. The Morgan fingerprint density at radius 2 is 1.94 bits per heavy atom. The molecule has 5 rings (SSSR count). The van der Waals surface area contributed by atoms with Gasteiger partial charge in [0.15, 0.2) is 0 Å². The first-order chi connectivity index (χ1) is 15.0. The Balaban J connectivity index is 1.21. The van der Waals surface area contributed by atoms with Gasteiger partial charge in [-0.2, -0.15) is 0 Å². The highest BCUT2D eigenvalue weighted by Crippen LogP contribution is 2.34. The normalized spacial score (nSPS) is 20.6. The minimum absolute atomic E-state index is 0.0932. The number of rotatable bonds is 6. The molecular formula is C23H26BrN5O2. The number of hydrogen-bond acceptors (Lipinski definition) is 5. The van der Waals surface area contributed by atoms with Gasteiger partial charge in [-0.05, 0) is 49.2 Å². The van der Waals surface area contributed by atoms with Crippen LogP contribution in [0.3, 0.4) is 0 Å². The Hall–Kier alpha value is -2.29. The quantitative estimate of drug-likeness (QED) is 0.539. The third-order valence-electron chi connectivity index (χ3n) is 6.22. The van der Waals surface area contributed by atoms with E-state index in [9.17, 15) is 4.79 Å². The Kier molecular flexibility index (Phi) is 5.77. The topological polar surface area (TPSA) is 65.2 Å². The maximum Gasteiger partial charge on any atom is 0.256 e. The number of nitrogens with zero attached hydrogens (tertiary/aromatic N) is 5. The van der Waals surface area contributed by atoms with Crippen LogP contribution in [0.4, 0.5) is 0 Å². The molecule has 3 aromatic rings. The average molecular weight is 484 g/mol. The van der Waals surface area contributed by atoms with E-state index in [0.29, 0.717) is 30.6 Å². The molecule has 0 saturated carbocycles. The number of ether oxygens (including phenoxy) is 1. The van der Waals surface area contributed by atoms with Crippen molar-refractivity contribution in [2.45, 2.75) is 38.6 Å². The van der Waals surface area contributed by atoms with Crippen molar-refractivity contribution in [1.82, 2.24) is 24.5 Å². The molecule has 2 aliphatic heterocycles. The first kappa shape index (κ1) is 20.6. The lowest BCUT2D eigenvalue weighted by Crippen LogP contribution is -2.46. The molecule has 2 bridgehead atoms. The van der Waals surface area contributed by atoms with E-state index in [1.54, 1.807) is 4.68 Å². The zero-order chi connectivity index (χ0) is 21.4. The minimum atomic E-state index is 0.0932. The van der Waals surface area contributed by atoms with Crippen molar-refractivity contribution in [1.29, 1.82) is 0 Å². The standard InChI is InChI=1S/C23H26BrN5O2/c1-27-9-17-8-19(12-27)22-7-4-18(23(30)29(22)11-17)14-31-15-21-13-28(26-25-21)10-16-2-5-20(24)6-3-16/h2-7,13,17,19H,8-12,14-15H2,1H3/t17-,19+/m0/s1. The van der Waals surface area contributed by atoms with Crippen LogP contribution >= 0.6 is 15.9 Å². The minimum Gasteiger partial charge on any atom is -0.370 e. The van der Waals surface area contributed by atoms with Gasteiger partial charge in [0.1, 0.15) is 5.69 Å². The van der Waals surface area contributed by atoms with E-state index in [-0.39, 0.29) is 12.2 Å². The predicted octanol–water partition coefficient (Wildman–Crippen LogP) is 3.02. The van der Waals surface area contributed by atoms with Gasteiger partial charge in [0.2, 0.25) is 0 Å². The zero-order valence-electron chi connectivity index (χ0n) is 17.6. The van der Waals surface area contributed by atoms with Crippen LogP contribution in [0, 0.1) is 5.92 Å². The molecule has 0 N–H and O–H groups in total. The van der Waals surface area contributed by atoms with E-state index in [0.717, 1.165) is 35.4 Å². The van der Waals surface area contributed by atoms with Gasteiger partial charge >= 0.3 is 0 Å². The molecule has 1 fully saturated rings. The van der Waals surface area contributed by atoms with E-state index >= 15 is 0 Å². The molecule has 2 aliphatic rings. The second-order valence-electron chi connectivity index (χ2n) is 8.75. The SMILES string of the molecule is CN1C[C@@H]2C[C@H](C1)c1ccc(COCc3cn(Cc4ccc(Br)cc4)nn3)c(=O)n1C2. The van der Waals surface area contributed by atoms with Crippen molar-refractivity contribution in [2.24, 2.45) is 5.92 Å². The highest BCUT2D eigenvalue weighted by molar-refractivity contribution is 9.10. The molecule has 0 unspecified atom stereocenters. The fourth-order valence-corrected chi connectivity index (χ4v) is 5.13. The molecule has 2 aromatic heterocycles. The predicted molar refractivity (Wildman–Crippen MR) is 121 cm³/mol. The van der Waals surface area contributed by atoms with Crippen LogP contribution in [0.25, 0.3) is 0 Å². The summed E-state index contributed by atoms with van der Waals surface area (Å²) in [5.74, 6) is 1.02. The summed E-state index contributed by atoms with van der Waals surface area (Å²) >= 11 is 3.45. The molecule has 8 heteroatoms. The number of piperidine rings is 1. The number of fused-ring (bicyclic) bond motifs is 4. The largest absolute Gasteiger partial charge is 0.370 e. The van der Waals surface area contributed by atoms with Gasteiger partial charge in [0.25, 0.3) is 5.56 Å². The second kappa shape index (κ2) is 8.68. The van der Waals surface area contributed by atoms with E-state index in [4.69, 9.17) is 4.74 Å². The van der Waals surface area contributed by atoms with Crippen LogP contribution in [0.1, 0.15) is 34.9 Å². The zero-order valence-corrected chi connectivity index (χ0v) is 19.2. The summed E-state index contributed by atoms with van der Waals surface area (Å²) in [6, 6.07) is 12.2. The highest BCUT2D eigenvalue weighted by Gasteiger charge is 2.33. The fraction of sp³-hybridized carbons (Fsp3) is 0.435. The van der Waals surface area contributed by atoms with Crippen molar-refractivity contribution >= 4 is 15.9 Å². The van der Waals surface area contributed by atoms with Crippen LogP contribution in [0.5, 0.6) is 0 Å². The Labute approximate surface area is 189 Å². The number of hydrogen-bond donors (Lipinski definition) is 0. The van der Waals surface area contributed by atoms with Crippen LogP contribution < -0.4 is 5.56 Å². The number of likely N-dealkylation sites (tertiary alicyclic amines) is 1. The molecule has 2 atom stereocenters. The summed E-state index contributed by atoms with van der Waals surface area (Å²) in [4.78, 5) is 15.4. The molecule has 0 radical (unpaired) electrons. The maximum absolute atomic E-state index is 13.0. The van der Waals surface area contributed by atoms with Crippen molar-refractivity contribution < 1.29 is 4.74 Å². The lowest BCUT2D eigenvalue weighted by molar-refractivity contribution is 0.102. The molecule has 0 spiro atoms. The van der Waals surface area contributed by atoms with E-state index < -0.39 is 0 Å². The highest BCUT2D eigenvalue weighted by atomic mass is 79.9. The Bertz CT molecular complexity index is 1120. The summed E-state index contributed by atoms with van der Waals surface area (Å²) < 4.78 is 10.7. The number of halogens is 1. The lowest BCUT2D eigenvalue weighted by Gasteiger charge is -2.41. The molecule has 1 aromatic carbocycles. The molecule has 7 nitrogen and oxygen atoms in total. The van der Waals surface area contributed by atoms with Gasteiger partial charge in [-0.1, -0.05) is 33.3 Å². The van der Waals surface area contributed by atoms with E-state index in [1.165, 1.54) is 12.1 Å².